The average molecular weight is 237 g/mol. The van der Waals surface area contributed by atoms with Gasteiger partial charge in [-0.15, -0.1) is 11.3 Å². The Kier molecular flexibility index (Phi) is 3.26. The fourth-order valence-corrected chi connectivity index (χ4v) is 2.15. The minimum Gasteiger partial charge on any atom is -0.469 e. The van der Waals surface area contributed by atoms with E-state index in [9.17, 15) is 0 Å². The van der Waals surface area contributed by atoms with Gasteiger partial charge in [-0.3, -0.25) is 4.90 Å². The number of nitrogens with zero attached hydrogens (tertiary/aromatic N) is 2. The Hall–Kier alpha value is -1.33. The van der Waals surface area contributed by atoms with Gasteiger partial charge >= 0.3 is 0 Å². The fourth-order valence-electron chi connectivity index (χ4n) is 1.59. The van der Waals surface area contributed by atoms with Crippen LogP contribution in [0.2, 0.25) is 0 Å². The summed E-state index contributed by atoms with van der Waals surface area (Å²) in [5.41, 5.74) is 7.82. The lowest BCUT2D eigenvalue weighted by Crippen LogP contribution is -2.17. The van der Waals surface area contributed by atoms with E-state index in [0.717, 1.165) is 24.5 Å². The third kappa shape index (κ3) is 2.62. The standard InChI is InChI=1S/C11H15N3OS/c1-8-9(3-4-15-8)5-14(2)6-10-7-16-11(12)13-10/h3-4,7H,5-6H2,1-2H3,(H2,12,13). The molecule has 0 amide bonds. The molecule has 2 heterocycles. The number of anilines is 1. The molecule has 0 spiro atoms. The van der Waals surface area contributed by atoms with Crippen LogP contribution in [-0.4, -0.2) is 16.9 Å². The first-order chi connectivity index (χ1) is 7.65. The summed E-state index contributed by atoms with van der Waals surface area (Å²) < 4.78 is 5.26. The summed E-state index contributed by atoms with van der Waals surface area (Å²) >= 11 is 1.48. The predicted octanol–water partition coefficient (Wildman–Crippen LogP) is 2.26. The summed E-state index contributed by atoms with van der Waals surface area (Å²) in [6, 6.07) is 2.00. The number of nitrogen functional groups attached to an aromatic ring is 1. The number of aromatic nitrogens is 1. The van der Waals surface area contributed by atoms with Gasteiger partial charge in [-0.2, -0.15) is 0 Å². The Balaban J connectivity index is 1.94. The molecular weight excluding hydrogens is 222 g/mol. The lowest BCUT2D eigenvalue weighted by Gasteiger charge is -2.14. The van der Waals surface area contributed by atoms with Gasteiger partial charge in [0.05, 0.1) is 12.0 Å². The summed E-state index contributed by atoms with van der Waals surface area (Å²) in [5, 5.41) is 2.62. The van der Waals surface area contributed by atoms with E-state index < -0.39 is 0 Å². The number of rotatable bonds is 4. The summed E-state index contributed by atoms with van der Waals surface area (Å²) in [7, 11) is 2.06. The van der Waals surface area contributed by atoms with Crippen molar-refractivity contribution in [1.29, 1.82) is 0 Å². The van der Waals surface area contributed by atoms with Crippen LogP contribution in [0, 0.1) is 6.92 Å². The molecule has 0 unspecified atom stereocenters. The largest absolute Gasteiger partial charge is 0.469 e. The van der Waals surface area contributed by atoms with E-state index in [1.54, 1.807) is 6.26 Å². The third-order valence-electron chi connectivity index (χ3n) is 2.41. The van der Waals surface area contributed by atoms with Gasteiger partial charge in [-0.05, 0) is 20.0 Å². The first kappa shape index (κ1) is 11.2. The molecule has 0 atom stereocenters. The molecule has 0 bridgehead atoms. The molecule has 5 heteroatoms. The minimum absolute atomic E-state index is 0.628. The Labute approximate surface area is 98.7 Å². The maximum atomic E-state index is 5.59. The monoisotopic (exact) mass is 237 g/mol. The number of aryl methyl sites for hydroxylation is 1. The van der Waals surface area contributed by atoms with Gasteiger partial charge in [-0.1, -0.05) is 0 Å². The number of hydrogen-bond donors (Lipinski definition) is 1. The van der Waals surface area contributed by atoms with E-state index in [-0.39, 0.29) is 0 Å². The maximum Gasteiger partial charge on any atom is 0.180 e. The Morgan fingerprint density at radius 1 is 1.50 bits per heavy atom. The second kappa shape index (κ2) is 4.67. The second-order valence-corrected chi connectivity index (χ2v) is 4.74. The first-order valence-electron chi connectivity index (χ1n) is 5.06. The average Bonchev–Trinajstić information content (AvgIpc) is 2.77. The SMILES string of the molecule is Cc1occc1CN(C)Cc1csc(N)n1. The van der Waals surface area contributed by atoms with Crippen LogP contribution in [-0.2, 0) is 13.1 Å². The number of thiazole rings is 1. The van der Waals surface area contributed by atoms with Gasteiger partial charge in [0, 0.05) is 24.0 Å². The van der Waals surface area contributed by atoms with E-state index in [1.807, 2.05) is 18.4 Å². The lowest BCUT2D eigenvalue weighted by molar-refractivity contribution is 0.313. The highest BCUT2D eigenvalue weighted by Crippen LogP contribution is 2.15. The molecule has 2 aromatic heterocycles. The molecule has 2 aromatic rings. The smallest absolute Gasteiger partial charge is 0.180 e. The summed E-state index contributed by atoms with van der Waals surface area (Å²) in [6.07, 6.45) is 1.72. The topological polar surface area (TPSA) is 55.3 Å². The van der Waals surface area contributed by atoms with Crippen molar-refractivity contribution in [2.24, 2.45) is 0 Å². The van der Waals surface area contributed by atoms with Crippen molar-refractivity contribution in [1.82, 2.24) is 9.88 Å². The first-order valence-corrected chi connectivity index (χ1v) is 5.94. The zero-order valence-electron chi connectivity index (χ0n) is 9.43. The molecule has 86 valence electrons. The highest BCUT2D eigenvalue weighted by atomic mass is 32.1. The van der Waals surface area contributed by atoms with Crippen LogP contribution >= 0.6 is 11.3 Å². The minimum atomic E-state index is 0.628. The number of hydrogen-bond acceptors (Lipinski definition) is 5. The molecule has 2 N–H and O–H groups in total. The second-order valence-electron chi connectivity index (χ2n) is 3.85. The molecule has 0 aliphatic rings. The molecule has 16 heavy (non-hydrogen) atoms. The van der Waals surface area contributed by atoms with Crippen LogP contribution in [0.25, 0.3) is 0 Å². The van der Waals surface area contributed by atoms with Crippen LogP contribution in [0.1, 0.15) is 17.0 Å². The van der Waals surface area contributed by atoms with Crippen molar-refractivity contribution < 1.29 is 4.42 Å². The molecule has 4 nitrogen and oxygen atoms in total. The van der Waals surface area contributed by atoms with Crippen molar-refractivity contribution in [3.8, 4) is 0 Å². The molecule has 0 aliphatic heterocycles. The van der Waals surface area contributed by atoms with Crippen LogP contribution in [0.15, 0.2) is 22.1 Å². The van der Waals surface area contributed by atoms with Gasteiger partial charge in [0.25, 0.3) is 0 Å². The van der Waals surface area contributed by atoms with Gasteiger partial charge in [0.1, 0.15) is 5.76 Å². The van der Waals surface area contributed by atoms with Crippen molar-refractivity contribution in [2.45, 2.75) is 20.0 Å². The zero-order chi connectivity index (χ0) is 11.5. The highest BCUT2D eigenvalue weighted by molar-refractivity contribution is 7.13. The van der Waals surface area contributed by atoms with Crippen LogP contribution < -0.4 is 5.73 Å². The van der Waals surface area contributed by atoms with Gasteiger partial charge < -0.3 is 10.2 Å². The zero-order valence-corrected chi connectivity index (χ0v) is 10.3. The molecule has 0 saturated heterocycles. The molecule has 0 aromatic carbocycles. The van der Waals surface area contributed by atoms with Crippen molar-refractivity contribution in [2.75, 3.05) is 12.8 Å². The Morgan fingerprint density at radius 2 is 2.31 bits per heavy atom. The molecule has 0 radical (unpaired) electrons. The Bertz CT molecular complexity index is 463. The summed E-state index contributed by atoms with van der Waals surface area (Å²) in [4.78, 5) is 6.42. The number of nitrogens with two attached hydrogens (primary N) is 1. The van der Waals surface area contributed by atoms with E-state index in [2.05, 4.69) is 16.9 Å². The third-order valence-corrected chi connectivity index (χ3v) is 3.13. The normalized spacial score (nSPS) is 11.2. The summed E-state index contributed by atoms with van der Waals surface area (Å²) in [5.74, 6) is 0.977. The Morgan fingerprint density at radius 3 is 2.88 bits per heavy atom. The van der Waals surface area contributed by atoms with Crippen molar-refractivity contribution in [3.63, 3.8) is 0 Å². The fraction of sp³-hybridized carbons (Fsp3) is 0.364. The predicted molar refractivity (Wildman–Crippen MR) is 65.1 cm³/mol. The molecule has 2 rings (SSSR count). The quantitative estimate of drug-likeness (QED) is 0.886. The van der Waals surface area contributed by atoms with E-state index >= 15 is 0 Å². The van der Waals surface area contributed by atoms with Gasteiger partial charge in [0.2, 0.25) is 0 Å². The lowest BCUT2D eigenvalue weighted by atomic mass is 10.2. The van der Waals surface area contributed by atoms with Gasteiger partial charge in [0.15, 0.2) is 5.13 Å². The van der Waals surface area contributed by atoms with E-state index in [4.69, 9.17) is 10.2 Å². The summed E-state index contributed by atoms with van der Waals surface area (Å²) in [6.45, 7) is 3.64. The van der Waals surface area contributed by atoms with Crippen molar-refractivity contribution in [3.05, 3.63) is 34.7 Å². The van der Waals surface area contributed by atoms with Crippen LogP contribution in [0.4, 0.5) is 5.13 Å². The molecule has 0 aliphatic carbocycles. The van der Waals surface area contributed by atoms with Crippen LogP contribution in [0.3, 0.4) is 0 Å². The van der Waals surface area contributed by atoms with E-state index in [1.165, 1.54) is 16.9 Å². The highest BCUT2D eigenvalue weighted by Gasteiger charge is 2.07. The molecule has 0 saturated carbocycles. The van der Waals surface area contributed by atoms with Gasteiger partial charge in [-0.25, -0.2) is 4.98 Å². The van der Waals surface area contributed by atoms with Crippen molar-refractivity contribution >= 4 is 16.5 Å². The van der Waals surface area contributed by atoms with E-state index in [0.29, 0.717) is 5.13 Å². The molecule has 0 fully saturated rings. The van der Waals surface area contributed by atoms with Crippen LogP contribution in [0.5, 0.6) is 0 Å². The number of furan rings is 1. The maximum absolute atomic E-state index is 5.59. The molecular formula is C11H15N3OS.